The minimum atomic E-state index is 0.754. The summed E-state index contributed by atoms with van der Waals surface area (Å²) in [7, 11) is 1.74. The van der Waals surface area contributed by atoms with Crippen LogP contribution in [0.1, 0.15) is 11.1 Å². The zero-order chi connectivity index (χ0) is 13.7. The Kier molecular flexibility index (Phi) is 6.13. The van der Waals surface area contributed by atoms with Gasteiger partial charge < -0.3 is 9.47 Å². The number of hydrogen-bond acceptors (Lipinski definition) is 3. The normalized spacial score (nSPS) is 13.7. The monoisotopic (exact) mass is 391 g/mol. The third-order valence-electron chi connectivity index (χ3n) is 3.23. The number of benzene rings is 1. The summed E-state index contributed by atoms with van der Waals surface area (Å²) in [6.07, 6.45) is 1.01. The molecule has 106 valence electrons. The summed E-state index contributed by atoms with van der Waals surface area (Å²) >= 11 is 7.10. The van der Waals surface area contributed by atoms with Crippen molar-refractivity contribution in [2.45, 2.75) is 13.0 Å². The van der Waals surface area contributed by atoms with Gasteiger partial charge in [-0.2, -0.15) is 0 Å². The molecule has 1 aliphatic rings. The maximum Gasteiger partial charge on any atom is 0.127 e. The lowest BCUT2D eigenvalue weighted by Gasteiger charge is -2.22. The van der Waals surface area contributed by atoms with Crippen LogP contribution in [-0.2, 0) is 17.7 Å². The molecule has 0 saturated carbocycles. The van der Waals surface area contributed by atoms with Gasteiger partial charge in [-0.25, -0.2) is 0 Å². The Balaban J connectivity index is 2.12. The maximum absolute atomic E-state index is 5.78. The van der Waals surface area contributed by atoms with Crippen LogP contribution in [0.15, 0.2) is 16.6 Å². The van der Waals surface area contributed by atoms with Crippen LogP contribution in [0.5, 0.6) is 5.75 Å². The molecule has 0 N–H and O–H groups in total. The highest BCUT2D eigenvalue weighted by molar-refractivity contribution is 9.10. The van der Waals surface area contributed by atoms with Crippen LogP contribution in [0.3, 0.4) is 0 Å². The van der Waals surface area contributed by atoms with Gasteiger partial charge in [-0.1, -0.05) is 31.9 Å². The van der Waals surface area contributed by atoms with Gasteiger partial charge in [0.1, 0.15) is 5.75 Å². The molecule has 0 atom stereocenters. The van der Waals surface area contributed by atoms with E-state index in [1.807, 2.05) is 0 Å². The average Bonchev–Trinajstić information content (AvgIpc) is 2.84. The summed E-state index contributed by atoms with van der Waals surface area (Å²) in [5.74, 6) is 1.08. The molecule has 0 bridgehead atoms. The fourth-order valence-corrected chi connectivity index (χ4v) is 3.37. The summed E-state index contributed by atoms with van der Waals surface area (Å²) < 4.78 is 12.1. The standard InChI is InChI=1S/C14H19Br2NO2/c1-18-7-5-17(4-3-15)10-12-9-13(16)8-11-2-6-19-14(11)12/h8-9H,2-7,10H2,1H3. The van der Waals surface area contributed by atoms with E-state index in [0.717, 1.165) is 54.8 Å². The van der Waals surface area contributed by atoms with Gasteiger partial charge in [-0.15, -0.1) is 0 Å². The summed E-state index contributed by atoms with van der Waals surface area (Å²) in [5.41, 5.74) is 2.58. The molecule has 0 saturated heterocycles. The Morgan fingerprint density at radius 2 is 2.21 bits per heavy atom. The third-order valence-corrected chi connectivity index (χ3v) is 4.04. The Morgan fingerprint density at radius 1 is 1.37 bits per heavy atom. The first-order valence-corrected chi connectivity index (χ1v) is 8.37. The number of nitrogens with zero attached hydrogens (tertiary/aromatic N) is 1. The van der Waals surface area contributed by atoms with Gasteiger partial charge in [-0.3, -0.25) is 4.90 Å². The molecule has 19 heavy (non-hydrogen) atoms. The lowest BCUT2D eigenvalue weighted by molar-refractivity contribution is 0.147. The van der Waals surface area contributed by atoms with E-state index >= 15 is 0 Å². The molecular formula is C14H19Br2NO2. The van der Waals surface area contributed by atoms with E-state index < -0.39 is 0 Å². The smallest absolute Gasteiger partial charge is 0.127 e. The molecule has 5 heteroatoms. The summed E-state index contributed by atoms with van der Waals surface area (Å²) in [5, 5.41) is 0.966. The Labute approximate surface area is 131 Å². The molecule has 0 amide bonds. The van der Waals surface area contributed by atoms with Crippen molar-refractivity contribution >= 4 is 31.9 Å². The number of hydrogen-bond donors (Lipinski definition) is 0. The Hall–Kier alpha value is -0.100. The molecule has 3 nitrogen and oxygen atoms in total. The summed E-state index contributed by atoms with van der Waals surface area (Å²) in [6, 6.07) is 4.33. The maximum atomic E-state index is 5.78. The highest BCUT2D eigenvalue weighted by Crippen LogP contribution is 2.33. The van der Waals surface area contributed by atoms with Gasteiger partial charge in [-0.05, 0) is 17.7 Å². The van der Waals surface area contributed by atoms with Crippen LogP contribution in [0.2, 0.25) is 0 Å². The number of fused-ring (bicyclic) bond motifs is 1. The van der Waals surface area contributed by atoms with E-state index in [9.17, 15) is 0 Å². The molecule has 0 spiro atoms. The van der Waals surface area contributed by atoms with Crippen molar-refractivity contribution in [3.05, 3.63) is 27.7 Å². The molecule has 1 aliphatic heterocycles. The second-order valence-corrected chi connectivity index (χ2v) is 6.32. The van der Waals surface area contributed by atoms with E-state index in [-0.39, 0.29) is 0 Å². The molecule has 0 radical (unpaired) electrons. The molecule has 0 unspecified atom stereocenters. The summed E-state index contributed by atoms with van der Waals surface area (Å²) in [4.78, 5) is 2.38. The van der Waals surface area contributed by atoms with Crippen LogP contribution in [0.4, 0.5) is 0 Å². The lowest BCUT2D eigenvalue weighted by Crippen LogP contribution is -2.29. The number of methoxy groups -OCH3 is 1. The minimum Gasteiger partial charge on any atom is -0.493 e. The minimum absolute atomic E-state index is 0.754. The summed E-state index contributed by atoms with van der Waals surface area (Å²) in [6.45, 7) is 4.39. The van der Waals surface area contributed by atoms with Crippen LogP contribution >= 0.6 is 31.9 Å². The molecule has 0 fully saturated rings. The highest BCUT2D eigenvalue weighted by Gasteiger charge is 2.19. The van der Waals surface area contributed by atoms with E-state index in [1.54, 1.807) is 7.11 Å². The predicted octanol–water partition coefficient (Wildman–Crippen LogP) is 3.23. The van der Waals surface area contributed by atoms with Crippen LogP contribution in [-0.4, -0.2) is 43.6 Å². The van der Waals surface area contributed by atoms with E-state index in [0.29, 0.717) is 0 Å². The van der Waals surface area contributed by atoms with Crippen molar-refractivity contribution in [1.82, 2.24) is 4.90 Å². The molecule has 2 rings (SSSR count). The Bertz CT molecular complexity index is 426. The quantitative estimate of drug-likeness (QED) is 0.665. The largest absolute Gasteiger partial charge is 0.493 e. The van der Waals surface area contributed by atoms with Crippen molar-refractivity contribution in [2.75, 3.05) is 38.7 Å². The van der Waals surface area contributed by atoms with Crippen molar-refractivity contribution in [1.29, 1.82) is 0 Å². The van der Waals surface area contributed by atoms with Gasteiger partial charge in [0.05, 0.1) is 13.2 Å². The zero-order valence-electron chi connectivity index (χ0n) is 11.1. The van der Waals surface area contributed by atoms with Crippen molar-refractivity contribution in [2.24, 2.45) is 0 Å². The molecule has 1 heterocycles. The van der Waals surface area contributed by atoms with Gasteiger partial charge in [0.15, 0.2) is 0 Å². The second kappa shape index (κ2) is 7.62. The number of alkyl halides is 1. The van der Waals surface area contributed by atoms with E-state index in [2.05, 4.69) is 48.9 Å². The molecule has 1 aromatic carbocycles. The number of rotatable bonds is 7. The van der Waals surface area contributed by atoms with Crippen molar-refractivity contribution in [3.63, 3.8) is 0 Å². The topological polar surface area (TPSA) is 21.7 Å². The van der Waals surface area contributed by atoms with Crippen LogP contribution in [0.25, 0.3) is 0 Å². The molecular weight excluding hydrogens is 374 g/mol. The van der Waals surface area contributed by atoms with Crippen LogP contribution < -0.4 is 4.74 Å². The number of halogens is 2. The van der Waals surface area contributed by atoms with E-state index in [4.69, 9.17) is 9.47 Å². The zero-order valence-corrected chi connectivity index (χ0v) is 14.3. The van der Waals surface area contributed by atoms with Crippen molar-refractivity contribution < 1.29 is 9.47 Å². The third kappa shape index (κ3) is 4.18. The van der Waals surface area contributed by atoms with Crippen molar-refractivity contribution in [3.8, 4) is 5.75 Å². The molecule has 0 aliphatic carbocycles. The van der Waals surface area contributed by atoms with Crippen LogP contribution in [0, 0.1) is 0 Å². The van der Waals surface area contributed by atoms with Gasteiger partial charge in [0, 0.05) is 48.5 Å². The molecule has 0 aromatic heterocycles. The predicted molar refractivity (Wildman–Crippen MR) is 84.3 cm³/mol. The SMILES string of the molecule is COCCN(CCBr)Cc1cc(Br)cc2c1OCC2. The first kappa shape index (κ1) is 15.3. The van der Waals surface area contributed by atoms with Gasteiger partial charge >= 0.3 is 0 Å². The lowest BCUT2D eigenvalue weighted by atomic mass is 10.1. The first-order chi connectivity index (χ1) is 9.24. The Morgan fingerprint density at radius 3 is 2.95 bits per heavy atom. The van der Waals surface area contributed by atoms with Gasteiger partial charge in [0.2, 0.25) is 0 Å². The first-order valence-electron chi connectivity index (χ1n) is 6.46. The molecule has 1 aromatic rings. The number of ether oxygens (including phenoxy) is 2. The highest BCUT2D eigenvalue weighted by atomic mass is 79.9. The fraction of sp³-hybridized carbons (Fsp3) is 0.571. The second-order valence-electron chi connectivity index (χ2n) is 4.61. The van der Waals surface area contributed by atoms with Gasteiger partial charge in [0.25, 0.3) is 0 Å². The fourth-order valence-electron chi connectivity index (χ4n) is 2.31. The average molecular weight is 393 g/mol. The van der Waals surface area contributed by atoms with E-state index in [1.165, 1.54) is 11.1 Å².